The Morgan fingerprint density at radius 1 is 0.583 bits per heavy atom. The van der Waals surface area contributed by atoms with Gasteiger partial charge in [-0.25, -0.2) is 0 Å². The van der Waals surface area contributed by atoms with Crippen molar-refractivity contribution in [2.24, 2.45) is 0 Å². The first-order chi connectivity index (χ1) is 11.7. The van der Waals surface area contributed by atoms with Crippen LogP contribution in [0, 0.1) is 0 Å². The molecule has 0 amide bonds. The second-order valence-corrected chi connectivity index (χ2v) is 6.67. The van der Waals surface area contributed by atoms with Crippen LogP contribution in [-0.4, -0.2) is 39.6 Å². The molecule has 2 aromatic rings. The highest BCUT2D eigenvalue weighted by molar-refractivity contribution is 9.10. The van der Waals surface area contributed by atoms with Crippen molar-refractivity contribution in [2.75, 3.05) is 39.6 Å². The van der Waals surface area contributed by atoms with Crippen molar-refractivity contribution in [1.82, 2.24) is 0 Å². The van der Waals surface area contributed by atoms with Crippen LogP contribution in [0.2, 0.25) is 0 Å². The fraction of sp³-hybridized carbons (Fsp3) is 0.333. The molecule has 0 spiro atoms. The fourth-order valence-electron chi connectivity index (χ4n) is 1.87. The van der Waals surface area contributed by atoms with Crippen molar-refractivity contribution < 1.29 is 18.9 Å². The number of halogens is 2. The van der Waals surface area contributed by atoms with Gasteiger partial charge in [0.05, 0.1) is 26.4 Å². The van der Waals surface area contributed by atoms with Crippen LogP contribution < -0.4 is 9.47 Å². The van der Waals surface area contributed by atoms with Gasteiger partial charge in [-0.2, -0.15) is 0 Å². The van der Waals surface area contributed by atoms with Crippen LogP contribution in [-0.2, 0) is 9.47 Å². The van der Waals surface area contributed by atoms with Crippen LogP contribution in [0.4, 0.5) is 0 Å². The van der Waals surface area contributed by atoms with E-state index in [0.29, 0.717) is 39.6 Å². The summed E-state index contributed by atoms with van der Waals surface area (Å²) in [5.41, 5.74) is 0. The molecule has 24 heavy (non-hydrogen) atoms. The van der Waals surface area contributed by atoms with Crippen molar-refractivity contribution in [2.45, 2.75) is 0 Å². The largest absolute Gasteiger partial charge is 0.491 e. The van der Waals surface area contributed by atoms with E-state index < -0.39 is 0 Å². The molecule has 0 bridgehead atoms. The zero-order valence-corrected chi connectivity index (χ0v) is 16.4. The topological polar surface area (TPSA) is 36.9 Å². The van der Waals surface area contributed by atoms with Crippen molar-refractivity contribution in [1.29, 1.82) is 0 Å². The van der Waals surface area contributed by atoms with Gasteiger partial charge in [-0.15, -0.1) is 0 Å². The molecule has 0 unspecified atom stereocenters. The molecular weight excluding hydrogens is 440 g/mol. The molecule has 0 saturated carbocycles. The molecule has 6 heteroatoms. The van der Waals surface area contributed by atoms with Crippen molar-refractivity contribution in [3.63, 3.8) is 0 Å². The zero-order chi connectivity index (χ0) is 17.0. The van der Waals surface area contributed by atoms with Crippen LogP contribution >= 0.6 is 31.9 Å². The van der Waals surface area contributed by atoms with Gasteiger partial charge in [-0.05, 0) is 36.4 Å². The lowest BCUT2D eigenvalue weighted by atomic mass is 10.3. The third kappa shape index (κ3) is 8.15. The first-order valence-electron chi connectivity index (χ1n) is 7.66. The molecule has 130 valence electrons. The predicted molar refractivity (Wildman–Crippen MR) is 101 cm³/mol. The summed E-state index contributed by atoms with van der Waals surface area (Å²) in [5.74, 6) is 1.66. The minimum atomic E-state index is 0.516. The summed E-state index contributed by atoms with van der Waals surface area (Å²) in [6.07, 6.45) is 0. The summed E-state index contributed by atoms with van der Waals surface area (Å²) in [5, 5.41) is 0. The average molecular weight is 460 g/mol. The Morgan fingerprint density at radius 2 is 1.00 bits per heavy atom. The summed E-state index contributed by atoms with van der Waals surface area (Å²) >= 11 is 6.81. The normalized spacial score (nSPS) is 10.6. The van der Waals surface area contributed by atoms with E-state index in [4.69, 9.17) is 18.9 Å². The third-order valence-corrected chi connectivity index (χ3v) is 3.94. The second-order valence-electron chi connectivity index (χ2n) is 4.84. The lowest BCUT2D eigenvalue weighted by Crippen LogP contribution is -2.13. The van der Waals surface area contributed by atoms with Gasteiger partial charge in [0.25, 0.3) is 0 Å². The molecule has 0 aliphatic carbocycles. The van der Waals surface area contributed by atoms with E-state index in [2.05, 4.69) is 31.9 Å². The van der Waals surface area contributed by atoms with Gasteiger partial charge in [0, 0.05) is 8.95 Å². The van der Waals surface area contributed by atoms with Gasteiger partial charge in [-0.3, -0.25) is 0 Å². The standard InChI is InChI=1S/C18H20Br2O4/c19-15-3-1-5-17(13-15)23-11-9-21-7-8-22-10-12-24-18-6-2-4-16(20)14-18/h1-6,13-14H,7-12H2. The number of hydrogen-bond donors (Lipinski definition) is 0. The number of benzene rings is 2. The predicted octanol–water partition coefficient (Wildman–Crippen LogP) is 4.70. The summed E-state index contributed by atoms with van der Waals surface area (Å²) in [6, 6.07) is 15.5. The molecule has 0 heterocycles. The smallest absolute Gasteiger partial charge is 0.120 e. The molecule has 2 aromatic carbocycles. The van der Waals surface area contributed by atoms with Crippen LogP contribution in [0.5, 0.6) is 11.5 Å². The van der Waals surface area contributed by atoms with Gasteiger partial charge in [0.2, 0.25) is 0 Å². The minimum Gasteiger partial charge on any atom is -0.491 e. The number of hydrogen-bond acceptors (Lipinski definition) is 4. The Balaban J connectivity index is 1.42. The Labute approximate surface area is 159 Å². The van der Waals surface area contributed by atoms with E-state index in [1.807, 2.05) is 48.5 Å². The van der Waals surface area contributed by atoms with E-state index in [1.165, 1.54) is 0 Å². The van der Waals surface area contributed by atoms with E-state index in [1.54, 1.807) is 0 Å². The van der Waals surface area contributed by atoms with Gasteiger partial charge in [0.1, 0.15) is 24.7 Å². The molecule has 0 saturated heterocycles. The van der Waals surface area contributed by atoms with Gasteiger partial charge in [0.15, 0.2) is 0 Å². The number of ether oxygens (including phenoxy) is 4. The SMILES string of the molecule is Brc1cccc(OCCOCCOCCOc2cccc(Br)c2)c1. The van der Waals surface area contributed by atoms with Crippen molar-refractivity contribution in [3.8, 4) is 11.5 Å². The highest BCUT2D eigenvalue weighted by Gasteiger charge is 1.97. The van der Waals surface area contributed by atoms with Crippen LogP contribution in [0.1, 0.15) is 0 Å². The van der Waals surface area contributed by atoms with Gasteiger partial charge < -0.3 is 18.9 Å². The molecule has 0 atom stereocenters. The van der Waals surface area contributed by atoms with E-state index in [-0.39, 0.29) is 0 Å². The second kappa shape index (κ2) is 11.5. The monoisotopic (exact) mass is 458 g/mol. The lowest BCUT2D eigenvalue weighted by Gasteiger charge is -2.09. The van der Waals surface area contributed by atoms with E-state index >= 15 is 0 Å². The van der Waals surface area contributed by atoms with Gasteiger partial charge >= 0.3 is 0 Å². The maximum atomic E-state index is 5.57. The maximum Gasteiger partial charge on any atom is 0.120 e. The molecule has 0 N–H and O–H groups in total. The Bertz CT molecular complexity index is 554. The Hall–Kier alpha value is -1.08. The highest BCUT2D eigenvalue weighted by atomic mass is 79.9. The first-order valence-corrected chi connectivity index (χ1v) is 9.25. The minimum absolute atomic E-state index is 0.516. The lowest BCUT2D eigenvalue weighted by molar-refractivity contribution is 0.0273. The Morgan fingerprint density at radius 3 is 1.42 bits per heavy atom. The van der Waals surface area contributed by atoms with Crippen molar-refractivity contribution >= 4 is 31.9 Å². The van der Waals surface area contributed by atoms with Crippen LogP contribution in [0.15, 0.2) is 57.5 Å². The zero-order valence-electron chi connectivity index (χ0n) is 13.3. The fourth-order valence-corrected chi connectivity index (χ4v) is 2.63. The summed E-state index contributed by atoms with van der Waals surface area (Å²) in [4.78, 5) is 0. The van der Waals surface area contributed by atoms with Crippen LogP contribution in [0.3, 0.4) is 0 Å². The number of rotatable bonds is 11. The first kappa shape index (κ1) is 19.2. The van der Waals surface area contributed by atoms with E-state index in [9.17, 15) is 0 Å². The highest BCUT2D eigenvalue weighted by Crippen LogP contribution is 2.18. The molecule has 0 aliphatic heterocycles. The Kier molecular flexibility index (Phi) is 9.20. The van der Waals surface area contributed by atoms with Crippen LogP contribution in [0.25, 0.3) is 0 Å². The summed E-state index contributed by atoms with van der Waals surface area (Å²) in [6.45, 7) is 3.18. The molecule has 0 fully saturated rings. The molecule has 0 aromatic heterocycles. The van der Waals surface area contributed by atoms with Gasteiger partial charge in [-0.1, -0.05) is 44.0 Å². The maximum absolute atomic E-state index is 5.57. The van der Waals surface area contributed by atoms with Crippen molar-refractivity contribution in [3.05, 3.63) is 57.5 Å². The average Bonchev–Trinajstić information content (AvgIpc) is 2.57. The molecule has 0 radical (unpaired) electrons. The third-order valence-electron chi connectivity index (χ3n) is 2.96. The summed E-state index contributed by atoms with van der Waals surface area (Å²) < 4.78 is 24.1. The molecular formula is C18H20Br2O4. The molecule has 2 rings (SSSR count). The quantitative estimate of drug-likeness (QED) is 0.456. The van der Waals surface area contributed by atoms with E-state index in [0.717, 1.165) is 20.4 Å². The molecule has 0 aliphatic rings. The molecule has 4 nitrogen and oxygen atoms in total. The summed E-state index contributed by atoms with van der Waals surface area (Å²) in [7, 11) is 0.